The molecule has 0 aromatic rings. The van der Waals surface area contributed by atoms with E-state index < -0.39 is 0 Å². The molecule has 0 amide bonds. The summed E-state index contributed by atoms with van der Waals surface area (Å²) >= 11 is 2.17. The van der Waals surface area contributed by atoms with Crippen LogP contribution in [-0.4, -0.2) is 30.7 Å². The van der Waals surface area contributed by atoms with Crippen LogP contribution in [0.1, 0.15) is 13.3 Å². The number of fused-ring (bicyclic) bond motifs is 2. The number of rotatable bonds is 2. The average molecular weight is 308 g/mol. The second kappa shape index (κ2) is 4.28. The fraction of sp³-hybridized carbons (Fsp3) is 0.700. The molecule has 14 heavy (non-hydrogen) atoms. The van der Waals surface area contributed by atoms with Crippen LogP contribution < -0.4 is 0 Å². The summed E-state index contributed by atoms with van der Waals surface area (Å²) in [5.74, 6) is 0.177. The topological polar surface area (TPSA) is 35.5 Å². The van der Waals surface area contributed by atoms with E-state index in [1.165, 1.54) is 0 Å². The Kier molecular flexibility index (Phi) is 3.23. The molecular formula is C10H13IO3. The third kappa shape index (κ3) is 1.75. The van der Waals surface area contributed by atoms with Crippen LogP contribution in [0.2, 0.25) is 0 Å². The Hall–Kier alpha value is 0.0600. The van der Waals surface area contributed by atoms with Gasteiger partial charge >= 0.3 is 0 Å². The van der Waals surface area contributed by atoms with E-state index >= 15 is 0 Å². The van der Waals surface area contributed by atoms with Gasteiger partial charge in [-0.05, 0) is 10.2 Å². The van der Waals surface area contributed by atoms with Crippen LogP contribution in [-0.2, 0) is 14.3 Å². The lowest BCUT2D eigenvalue weighted by Crippen LogP contribution is -2.39. The first kappa shape index (κ1) is 10.6. The quantitative estimate of drug-likeness (QED) is 0.575. The Bertz CT molecular complexity index is 254. The molecule has 0 N–H and O–H groups in total. The molecule has 2 aliphatic heterocycles. The SMILES string of the molecule is C[C@H]1[C@H](C=O)O[C@@H]2C[C@@H]1O[C@@H]2/C=C/I. The van der Waals surface area contributed by atoms with Crippen LogP contribution in [0.3, 0.4) is 0 Å². The second-order valence-corrected chi connectivity index (χ2v) is 4.55. The summed E-state index contributed by atoms with van der Waals surface area (Å²) in [7, 11) is 0. The van der Waals surface area contributed by atoms with Gasteiger partial charge < -0.3 is 14.3 Å². The molecule has 2 heterocycles. The molecule has 0 radical (unpaired) electrons. The molecule has 78 valence electrons. The number of halogens is 1. The van der Waals surface area contributed by atoms with Gasteiger partial charge in [-0.25, -0.2) is 0 Å². The number of aldehydes is 1. The summed E-state index contributed by atoms with van der Waals surface area (Å²) in [6.07, 6.45) is 3.79. The Labute approximate surface area is 97.0 Å². The maximum atomic E-state index is 10.8. The molecule has 0 aromatic heterocycles. The normalized spacial score (nSPS) is 47.1. The van der Waals surface area contributed by atoms with Crippen LogP contribution in [0.25, 0.3) is 0 Å². The number of hydrogen-bond acceptors (Lipinski definition) is 3. The molecule has 0 saturated carbocycles. The van der Waals surface area contributed by atoms with Crippen molar-refractivity contribution in [2.45, 2.75) is 37.8 Å². The number of hydrogen-bond donors (Lipinski definition) is 0. The molecule has 2 saturated heterocycles. The van der Waals surface area contributed by atoms with Gasteiger partial charge in [-0.3, -0.25) is 0 Å². The molecule has 0 aliphatic carbocycles. The zero-order valence-electron chi connectivity index (χ0n) is 7.93. The number of carbonyl (C=O) groups excluding carboxylic acids is 1. The van der Waals surface area contributed by atoms with Crippen molar-refractivity contribution in [2.75, 3.05) is 0 Å². The monoisotopic (exact) mass is 308 g/mol. The smallest absolute Gasteiger partial charge is 0.149 e. The Morgan fingerprint density at radius 2 is 2.00 bits per heavy atom. The van der Waals surface area contributed by atoms with Crippen molar-refractivity contribution in [2.24, 2.45) is 5.92 Å². The van der Waals surface area contributed by atoms with E-state index in [1.807, 2.05) is 17.1 Å². The standard InChI is InChI=1S/C10H13IO3/c1-6-8-4-9(14-10(6)5-12)7(13-8)2-3-11/h2-3,5-10H,4H2,1H3/b3-2+/t6-,7-,8+,9-,10+/m1/s1. The lowest BCUT2D eigenvalue weighted by Gasteiger charge is -2.29. The van der Waals surface area contributed by atoms with Gasteiger partial charge in [0.15, 0.2) is 0 Å². The van der Waals surface area contributed by atoms with E-state index in [0.717, 1.165) is 12.7 Å². The predicted molar refractivity (Wildman–Crippen MR) is 60.3 cm³/mol. The molecule has 2 fully saturated rings. The summed E-state index contributed by atoms with van der Waals surface area (Å²) in [6, 6.07) is 0. The third-order valence-corrected chi connectivity index (χ3v) is 3.41. The molecular weight excluding hydrogens is 295 g/mol. The van der Waals surface area contributed by atoms with Crippen molar-refractivity contribution in [1.82, 2.24) is 0 Å². The first-order valence-electron chi connectivity index (χ1n) is 4.79. The molecule has 0 spiro atoms. The van der Waals surface area contributed by atoms with Gasteiger partial charge in [-0.15, -0.1) is 0 Å². The van der Waals surface area contributed by atoms with E-state index in [-0.39, 0.29) is 30.3 Å². The number of carbonyl (C=O) groups is 1. The van der Waals surface area contributed by atoms with Gasteiger partial charge in [0.1, 0.15) is 18.5 Å². The van der Waals surface area contributed by atoms with Crippen LogP contribution >= 0.6 is 22.6 Å². The maximum absolute atomic E-state index is 10.8. The van der Waals surface area contributed by atoms with Gasteiger partial charge in [-0.2, -0.15) is 0 Å². The van der Waals surface area contributed by atoms with Crippen molar-refractivity contribution in [1.29, 1.82) is 0 Å². The summed E-state index contributed by atoms with van der Waals surface area (Å²) in [6.45, 7) is 2.01. The fourth-order valence-corrected chi connectivity index (χ4v) is 2.52. The van der Waals surface area contributed by atoms with E-state index in [9.17, 15) is 4.79 Å². The Morgan fingerprint density at radius 3 is 2.64 bits per heavy atom. The van der Waals surface area contributed by atoms with Gasteiger partial charge in [0.25, 0.3) is 0 Å². The van der Waals surface area contributed by atoms with Crippen molar-refractivity contribution in [3.63, 3.8) is 0 Å². The van der Waals surface area contributed by atoms with E-state index in [0.29, 0.717) is 0 Å². The van der Waals surface area contributed by atoms with Crippen molar-refractivity contribution in [3.8, 4) is 0 Å². The lowest BCUT2D eigenvalue weighted by atomic mass is 9.92. The molecule has 2 bridgehead atoms. The first-order chi connectivity index (χ1) is 6.76. The van der Waals surface area contributed by atoms with Crippen molar-refractivity contribution < 1.29 is 14.3 Å². The molecule has 0 unspecified atom stereocenters. The highest BCUT2D eigenvalue weighted by Gasteiger charge is 2.45. The minimum Gasteiger partial charge on any atom is -0.368 e. The van der Waals surface area contributed by atoms with E-state index in [2.05, 4.69) is 22.6 Å². The Balaban J connectivity index is 2.11. The lowest BCUT2D eigenvalue weighted by molar-refractivity contribution is -0.130. The largest absolute Gasteiger partial charge is 0.368 e. The minimum atomic E-state index is -0.286. The van der Waals surface area contributed by atoms with Crippen LogP contribution in [0.15, 0.2) is 10.2 Å². The summed E-state index contributed by atoms with van der Waals surface area (Å²) in [5, 5.41) is 0. The second-order valence-electron chi connectivity index (χ2n) is 3.83. The van der Waals surface area contributed by atoms with E-state index in [1.54, 1.807) is 0 Å². The van der Waals surface area contributed by atoms with Gasteiger partial charge in [0.2, 0.25) is 0 Å². The molecule has 0 aromatic carbocycles. The summed E-state index contributed by atoms with van der Waals surface area (Å²) in [5.41, 5.74) is 0. The third-order valence-electron chi connectivity index (χ3n) is 3.00. The molecule has 4 heteroatoms. The van der Waals surface area contributed by atoms with Gasteiger partial charge in [0, 0.05) is 12.3 Å². The highest BCUT2D eigenvalue weighted by Crippen LogP contribution is 2.36. The first-order valence-corrected chi connectivity index (χ1v) is 6.04. The zero-order valence-corrected chi connectivity index (χ0v) is 10.1. The number of ether oxygens (including phenoxy) is 2. The maximum Gasteiger partial charge on any atom is 0.149 e. The van der Waals surface area contributed by atoms with Crippen LogP contribution in [0.4, 0.5) is 0 Å². The molecule has 3 nitrogen and oxygen atoms in total. The zero-order chi connectivity index (χ0) is 10.1. The van der Waals surface area contributed by atoms with Crippen molar-refractivity contribution >= 4 is 28.9 Å². The van der Waals surface area contributed by atoms with E-state index in [4.69, 9.17) is 9.47 Å². The highest BCUT2D eigenvalue weighted by molar-refractivity contribution is 14.1. The highest BCUT2D eigenvalue weighted by atomic mass is 127. The summed E-state index contributed by atoms with van der Waals surface area (Å²) < 4.78 is 13.4. The minimum absolute atomic E-state index is 0.0318. The average Bonchev–Trinajstić information content (AvgIpc) is 2.52. The van der Waals surface area contributed by atoms with Gasteiger partial charge in [0.05, 0.1) is 12.2 Å². The molecule has 2 aliphatic rings. The van der Waals surface area contributed by atoms with Crippen LogP contribution in [0, 0.1) is 5.92 Å². The van der Waals surface area contributed by atoms with Crippen LogP contribution in [0.5, 0.6) is 0 Å². The molecule has 5 atom stereocenters. The predicted octanol–water partition coefficient (Wildman–Crippen LogP) is 1.70. The van der Waals surface area contributed by atoms with Crippen molar-refractivity contribution in [3.05, 3.63) is 10.2 Å². The molecule has 2 rings (SSSR count). The fourth-order valence-electron chi connectivity index (χ4n) is 2.11. The van der Waals surface area contributed by atoms with Gasteiger partial charge in [-0.1, -0.05) is 29.5 Å². The summed E-state index contributed by atoms with van der Waals surface area (Å²) in [4.78, 5) is 10.8. The Morgan fingerprint density at radius 1 is 1.29 bits per heavy atom.